The summed E-state index contributed by atoms with van der Waals surface area (Å²) in [6, 6.07) is 0. The Morgan fingerprint density at radius 2 is 2.09 bits per heavy atom. The zero-order chi connectivity index (χ0) is 8.53. The van der Waals surface area contributed by atoms with Crippen molar-refractivity contribution in [3.63, 3.8) is 0 Å². The molecule has 0 unspecified atom stereocenters. The van der Waals surface area contributed by atoms with Gasteiger partial charge >= 0.3 is 0 Å². The molecule has 66 valence electrons. The van der Waals surface area contributed by atoms with Crippen LogP contribution in [0.4, 0.5) is 0 Å². The molecule has 0 aliphatic carbocycles. The van der Waals surface area contributed by atoms with Crippen molar-refractivity contribution < 1.29 is 0 Å². The molecule has 0 atom stereocenters. The molecule has 0 aromatic rings. The first-order valence-corrected chi connectivity index (χ1v) is 5.61. The normalized spacial score (nSPS) is 9.64. The lowest BCUT2D eigenvalue weighted by Gasteiger charge is -2.04. The lowest BCUT2D eigenvalue weighted by Crippen LogP contribution is -2.19. The fourth-order valence-corrected chi connectivity index (χ4v) is 1.76. The van der Waals surface area contributed by atoms with Gasteiger partial charge in [0.05, 0.1) is 0 Å². The van der Waals surface area contributed by atoms with Crippen molar-refractivity contribution in [3.8, 4) is 0 Å². The Labute approximate surface area is 79.3 Å². The van der Waals surface area contributed by atoms with Crippen LogP contribution < -0.4 is 5.32 Å². The van der Waals surface area contributed by atoms with Gasteiger partial charge in [-0.1, -0.05) is 44.2 Å². The Bertz CT molecular complexity index is 104. The summed E-state index contributed by atoms with van der Waals surface area (Å²) in [7, 11) is 0. The first-order chi connectivity index (χ1) is 5.31. The number of rotatable bonds is 5. The Morgan fingerprint density at radius 3 is 2.64 bits per heavy atom. The Balaban J connectivity index is 3.09. The van der Waals surface area contributed by atoms with Crippen LogP contribution in [-0.2, 0) is 0 Å². The molecule has 0 saturated heterocycles. The quantitative estimate of drug-likeness (QED) is 0.530. The van der Waals surface area contributed by atoms with E-state index in [1.54, 1.807) is 11.8 Å². The summed E-state index contributed by atoms with van der Waals surface area (Å²) in [6.45, 7) is 5.35. The van der Waals surface area contributed by atoms with Gasteiger partial charge in [-0.15, -0.1) is 0 Å². The van der Waals surface area contributed by atoms with Gasteiger partial charge in [-0.2, -0.15) is 0 Å². The minimum atomic E-state index is 0.959. The summed E-state index contributed by atoms with van der Waals surface area (Å²) in [4.78, 5) is 0. The van der Waals surface area contributed by atoms with Crippen molar-refractivity contribution in [2.75, 3.05) is 12.3 Å². The molecule has 11 heavy (non-hydrogen) atoms. The number of thioether (sulfide) groups is 1. The van der Waals surface area contributed by atoms with Gasteiger partial charge in [-0.3, -0.25) is 0 Å². The van der Waals surface area contributed by atoms with E-state index in [-0.39, 0.29) is 0 Å². The van der Waals surface area contributed by atoms with Gasteiger partial charge in [0.1, 0.15) is 4.32 Å². The van der Waals surface area contributed by atoms with Crippen LogP contribution >= 0.6 is 24.0 Å². The van der Waals surface area contributed by atoms with Crippen molar-refractivity contribution >= 4 is 28.3 Å². The molecule has 3 heteroatoms. The molecule has 0 saturated carbocycles. The van der Waals surface area contributed by atoms with E-state index in [0.717, 1.165) is 23.0 Å². The van der Waals surface area contributed by atoms with E-state index in [4.69, 9.17) is 12.2 Å². The van der Waals surface area contributed by atoms with E-state index in [1.807, 2.05) is 0 Å². The van der Waals surface area contributed by atoms with Crippen LogP contribution in [0, 0.1) is 0 Å². The molecule has 0 heterocycles. The van der Waals surface area contributed by atoms with Crippen molar-refractivity contribution in [1.29, 1.82) is 0 Å². The molecule has 0 aliphatic heterocycles. The lowest BCUT2D eigenvalue weighted by atomic mass is 10.4. The SMILES string of the molecule is CCCCSC(=S)NCCC. The summed E-state index contributed by atoms with van der Waals surface area (Å²) in [6.07, 6.45) is 3.66. The minimum absolute atomic E-state index is 0.959. The first-order valence-electron chi connectivity index (χ1n) is 4.21. The Morgan fingerprint density at radius 1 is 1.36 bits per heavy atom. The van der Waals surface area contributed by atoms with Gasteiger partial charge in [-0.25, -0.2) is 0 Å². The molecule has 0 aromatic carbocycles. The van der Waals surface area contributed by atoms with Crippen molar-refractivity contribution in [1.82, 2.24) is 5.32 Å². The fourth-order valence-electron chi connectivity index (χ4n) is 0.587. The predicted octanol–water partition coefficient (Wildman–Crippen LogP) is 2.80. The summed E-state index contributed by atoms with van der Waals surface area (Å²) in [5.74, 6) is 1.16. The van der Waals surface area contributed by atoms with Crippen LogP contribution in [0.5, 0.6) is 0 Å². The number of hydrogen-bond donors (Lipinski definition) is 1. The molecule has 0 bridgehead atoms. The first kappa shape index (κ1) is 11.2. The van der Waals surface area contributed by atoms with Gasteiger partial charge in [0.25, 0.3) is 0 Å². The highest BCUT2D eigenvalue weighted by Gasteiger charge is 1.93. The molecule has 0 radical (unpaired) electrons. The zero-order valence-electron chi connectivity index (χ0n) is 7.35. The molecule has 0 amide bonds. The summed E-state index contributed by atoms with van der Waals surface area (Å²) in [5.41, 5.74) is 0. The van der Waals surface area contributed by atoms with Gasteiger partial charge in [-0.05, 0) is 12.8 Å². The van der Waals surface area contributed by atoms with Crippen LogP contribution in [0.15, 0.2) is 0 Å². The summed E-state index contributed by atoms with van der Waals surface area (Å²) in [5, 5.41) is 3.19. The Hall–Kier alpha value is 0.240. The van der Waals surface area contributed by atoms with Gasteiger partial charge in [0.15, 0.2) is 0 Å². The van der Waals surface area contributed by atoms with Crippen LogP contribution in [0.1, 0.15) is 33.1 Å². The highest BCUT2D eigenvalue weighted by molar-refractivity contribution is 8.22. The average Bonchev–Trinajstić information content (AvgIpc) is 2.01. The molecule has 0 spiro atoms. The van der Waals surface area contributed by atoms with Crippen LogP contribution in [0.25, 0.3) is 0 Å². The second kappa shape index (κ2) is 8.34. The van der Waals surface area contributed by atoms with Crippen molar-refractivity contribution in [3.05, 3.63) is 0 Å². The van der Waals surface area contributed by atoms with Crippen molar-refractivity contribution in [2.24, 2.45) is 0 Å². The second-order valence-corrected chi connectivity index (χ2v) is 4.19. The van der Waals surface area contributed by atoms with E-state index in [1.165, 1.54) is 12.8 Å². The summed E-state index contributed by atoms with van der Waals surface area (Å²) < 4.78 is 0.959. The molecular weight excluding hydrogens is 174 g/mol. The van der Waals surface area contributed by atoms with E-state index in [9.17, 15) is 0 Å². The monoisotopic (exact) mass is 191 g/mol. The molecule has 0 aromatic heterocycles. The average molecular weight is 191 g/mol. The highest BCUT2D eigenvalue weighted by Crippen LogP contribution is 2.05. The lowest BCUT2D eigenvalue weighted by molar-refractivity contribution is 0.854. The van der Waals surface area contributed by atoms with Crippen molar-refractivity contribution in [2.45, 2.75) is 33.1 Å². The van der Waals surface area contributed by atoms with E-state index < -0.39 is 0 Å². The van der Waals surface area contributed by atoms with E-state index >= 15 is 0 Å². The zero-order valence-corrected chi connectivity index (χ0v) is 8.99. The molecular formula is C8H17NS2. The molecule has 0 rings (SSSR count). The van der Waals surface area contributed by atoms with Crippen LogP contribution in [-0.4, -0.2) is 16.6 Å². The third-order valence-corrected chi connectivity index (χ3v) is 2.65. The van der Waals surface area contributed by atoms with Gasteiger partial charge in [0.2, 0.25) is 0 Å². The number of unbranched alkanes of at least 4 members (excludes halogenated alkanes) is 1. The largest absolute Gasteiger partial charge is 0.371 e. The number of nitrogens with one attached hydrogen (secondary N) is 1. The second-order valence-electron chi connectivity index (χ2n) is 2.42. The van der Waals surface area contributed by atoms with Crippen LogP contribution in [0.3, 0.4) is 0 Å². The number of hydrogen-bond acceptors (Lipinski definition) is 2. The third kappa shape index (κ3) is 8.14. The maximum atomic E-state index is 5.08. The minimum Gasteiger partial charge on any atom is -0.371 e. The maximum absolute atomic E-state index is 5.08. The number of thiocarbonyl (C=S) groups is 1. The standard InChI is InChI=1S/C8H17NS2/c1-3-5-7-11-8(10)9-6-4-2/h3-7H2,1-2H3,(H,9,10). The third-order valence-electron chi connectivity index (χ3n) is 1.25. The smallest absolute Gasteiger partial charge is 0.133 e. The topological polar surface area (TPSA) is 12.0 Å². The highest BCUT2D eigenvalue weighted by atomic mass is 32.2. The maximum Gasteiger partial charge on any atom is 0.133 e. The molecule has 1 N–H and O–H groups in total. The van der Waals surface area contributed by atoms with Gasteiger partial charge < -0.3 is 5.32 Å². The Kier molecular flexibility index (Phi) is 8.52. The molecule has 0 aliphatic rings. The predicted molar refractivity (Wildman–Crippen MR) is 58.3 cm³/mol. The molecule has 0 fully saturated rings. The fraction of sp³-hybridized carbons (Fsp3) is 0.875. The van der Waals surface area contributed by atoms with Gasteiger partial charge in [0, 0.05) is 12.3 Å². The summed E-state index contributed by atoms with van der Waals surface area (Å²) >= 11 is 6.85. The van der Waals surface area contributed by atoms with E-state index in [2.05, 4.69) is 19.2 Å². The van der Waals surface area contributed by atoms with E-state index in [0.29, 0.717) is 0 Å². The van der Waals surface area contributed by atoms with Crippen LogP contribution in [0.2, 0.25) is 0 Å². The molecule has 1 nitrogen and oxygen atoms in total.